The van der Waals surface area contributed by atoms with Crippen LogP contribution in [0.15, 0.2) is 49.7 Å². The van der Waals surface area contributed by atoms with Crippen molar-refractivity contribution in [2.45, 2.75) is 19.9 Å². The lowest BCUT2D eigenvalue weighted by Gasteiger charge is -2.29. The molecule has 2 aromatic heterocycles. The zero-order valence-electron chi connectivity index (χ0n) is 24.1. The second kappa shape index (κ2) is 11.8. The predicted octanol–water partition coefficient (Wildman–Crippen LogP) is 0.752. The van der Waals surface area contributed by atoms with Gasteiger partial charge in [-0.1, -0.05) is 11.3 Å². The van der Waals surface area contributed by atoms with E-state index in [4.69, 9.17) is 23.4 Å². The van der Waals surface area contributed by atoms with Crippen molar-refractivity contribution in [2.75, 3.05) is 66.1 Å². The molecule has 0 spiro atoms. The van der Waals surface area contributed by atoms with Gasteiger partial charge in [0.15, 0.2) is 22.2 Å². The maximum atomic E-state index is 14.0. The summed E-state index contributed by atoms with van der Waals surface area (Å²) in [5, 5.41) is 0. The molecule has 5 rings (SSSR count). The number of nitrogens with zero attached hydrogens (tertiary/aromatic N) is 3. The van der Waals surface area contributed by atoms with E-state index in [2.05, 4.69) is 16.9 Å². The fourth-order valence-corrected chi connectivity index (χ4v) is 6.22. The number of furan rings is 1. The van der Waals surface area contributed by atoms with E-state index in [1.807, 2.05) is 12.1 Å². The SMILES string of the molecule is CCOC(=O)C1=C(C)N=c2s/c(=C/c3ccc(N4CC[NH+](C)CC4)o3)c(=O)n2[C@H]1c1cc(OC)c(OC)c(OC)c1. The molecule has 0 radical (unpaired) electrons. The quantitative estimate of drug-likeness (QED) is 0.387. The molecular weight excluding hydrogens is 548 g/mol. The number of quaternary nitrogens is 1. The van der Waals surface area contributed by atoms with Crippen LogP contribution in [0.2, 0.25) is 0 Å². The van der Waals surface area contributed by atoms with Gasteiger partial charge in [0.1, 0.15) is 5.76 Å². The number of allylic oxidation sites excluding steroid dienone is 1. The van der Waals surface area contributed by atoms with Crippen LogP contribution in [0.1, 0.15) is 31.2 Å². The molecule has 0 amide bonds. The van der Waals surface area contributed by atoms with Crippen LogP contribution in [0, 0.1) is 0 Å². The van der Waals surface area contributed by atoms with E-state index < -0.39 is 12.0 Å². The Labute approximate surface area is 241 Å². The number of likely N-dealkylation sites (N-methyl/N-ethyl adjacent to an activating group) is 1. The van der Waals surface area contributed by atoms with E-state index in [9.17, 15) is 9.59 Å². The Morgan fingerprint density at radius 1 is 1.15 bits per heavy atom. The lowest BCUT2D eigenvalue weighted by molar-refractivity contribution is -0.880. The van der Waals surface area contributed by atoms with Crippen LogP contribution >= 0.6 is 11.3 Å². The number of rotatable bonds is 8. The number of fused-ring (bicyclic) bond motifs is 1. The number of carbonyl (C=O) groups is 1. The number of piperazine rings is 1. The first-order chi connectivity index (χ1) is 19.8. The number of thiazole rings is 1. The Morgan fingerprint density at radius 3 is 2.44 bits per heavy atom. The van der Waals surface area contributed by atoms with Crippen LogP contribution < -0.4 is 38.9 Å². The third kappa shape index (κ3) is 5.36. The van der Waals surface area contributed by atoms with Crippen molar-refractivity contribution in [1.29, 1.82) is 0 Å². The van der Waals surface area contributed by atoms with Crippen molar-refractivity contribution in [1.82, 2.24) is 4.57 Å². The summed E-state index contributed by atoms with van der Waals surface area (Å²) in [4.78, 5) is 36.0. The Balaban J connectivity index is 1.64. The van der Waals surface area contributed by atoms with Gasteiger partial charge in [-0.3, -0.25) is 9.36 Å². The summed E-state index contributed by atoms with van der Waals surface area (Å²) in [6.45, 7) is 7.55. The summed E-state index contributed by atoms with van der Waals surface area (Å²) in [5.41, 5.74) is 1.01. The van der Waals surface area contributed by atoms with Gasteiger partial charge in [-0.2, -0.15) is 0 Å². The molecule has 1 saturated heterocycles. The standard InChI is InChI=1S/C29H34N4O7S/c1-7-39-28(35)24-17(2)30-29-33(25(24)18-14-20(36-4)26(38-6)21(15-18)37-5)27(34)22(41-29)16-19-8-9-23(40-19)32-12-10-31(3)11-13-32/h8-9,14-16,25H,7,10-13H2,1-6H3/p+1/b22-16+/t25-/m0/s1. The highest BCUT2D eigenvalue weighted by molar-refractivity contribution is 7.07. The summed E-state index contributed by atoms with van der Waals surface area (Å²) in [6, 6.07) is 6.44. The topological polar surface area (TPSA) is 109 Å². The number of methoxy groups -OCH3 is 3. The summed E-state index contributed by atoms with van der Waals surface area (Å²) >= 11 is 1.24. The fraction of sp³-hybridized carbons (Fsp3) is 0.414. The van der Waals surface area contributed by atoms with Gasteiger partial charge in [-0.05, 0) is 37.6 Å². The Bertz CT molecular complexity index is 1640. The third-order valence-corrected chi connectivity index (χ3v) is 8.32. The Kier molecular flexibility index (Phi) is 8.22. The number of hydrogen-bond donors (Lipinski definition) is 1. The maximum absolute atomic E-state index is 14.0. The monoisotopic (exact) mass is 583 g/mol. The lowest BCUT2D eigenvalue weighted by atomic mass is 9.95. The van der Waals surface area contributed by atoms with Gasteiger partial charge in [-0.25, -0.2) is 9.79 Å². The van der Waals surface area contributed by atoms with E-state index in [1.54, 1.807) is 32.1 Å². The van der Waals surface area contributed by atoms with E-state index in [-0.39, 0.29) is 17.7 Å². The number of nitrogens with one attached hydrogen (secondary N) is 1. The van der Waals surface area contributed by atoms with Gasteiger partial charge in [0.2, 0.25) is 5.75 Å². The summed E-state index contributed by atoms with van der Waals surface area (Å²) in [5.74, 6) is 2.01. The molecule has 0 bridgehead atoms. The molecule has 0 saturated carbocycles. The predicted molar refractivity (Wildman–Crippen MR) is 154 cm³/mol. The highest BCUT2D eigenvalue weighted by Crippen LogP contribution is 2.42. The van der Waals surface area contributed by atoms with E-state index in [1.165, 1.54) is 42.1 Å². The normalized spacial score (nSPS) is 17.8. The highest BCUT2D eigenvalue weighted by Gasteiger charge is 2.35. The molecule has 4 heterocycles. The average molecular weight is 584 g/mol. The van der Waals surface area contributed by atoms with Crippen LogP contribution in [-0.4, -0.2) is 71.7 Å². The van der Waals surface area contributed by atoms with Crippen LogP contribution in [0.4, 0.5) is 5.88 Å². The minimum absolute atomic E-state index is 0.178. The smallest absolute Gasteiger partial charge is 0.338 e. The molecule has 0 aliphatic carbocycles. The van der Waals surface area contributed by atoms with E-state index in [0.717, 1.165) is 32.1 Å². The highest BCUT2D eigenvalue weighted by atomic mass is 32.1. The van der Waals surface area contributed by atoms with Crippen molar-refractivity contribution in [3.63, 3.8) is 0 Å². The molecule has 2 aliphatic heterocycles. The minimum atomic E-state index is -0.832. The second-order valence-electron chi connectivity index (χ2n) is 9.88. The van der Waals surface area contributed by atoms with Crippen LogP contribution in [0.25, 0.3) is 6.08 Å². The summed E-state index contributed by atoms with van der Waals surface area (Å²) < 4.78 is 30.1. The first-order valence-corrected chi connectivity index (χ1v) is 14.3. The number of aromatic nitrogens is 1. The van der Waals surface area contributed by atoms with Crippen molar-refractivity contribution in [2.24, 2.45) is 4.99 Å². The molecule has 11 nitrogen and oxygen atoms in total. The Hall–Kier alpha value is -4.03. The molecule has 1 fully saturated rings. The number of ether oxygens (including phenoxy) is 4. The Morgan fingerprint density at radius 2 is 1.83 bits per heavy atom. The van der Waals surface area contributed by atoms with Gasteiger partial charge >= 0.3 is 5.97 Å². The fourth-order valence-electron chi connectivity index (χ4n) is 5.19. The number of esters is 1. The molecule has 1 aromatic carbocycles. The summed E-state index contributed by atoms with van der Waals surface area (Å²) in [7, 11) is 6.73. The van der Waals surface area contributed by atoms with Crippen molar-refractivity contribution in [3.05, 3.63) is 66.5 Å². The van der Waals surface area contributed by atoms with Gasteiger partial charge in [0.05, 0.1) is 83.0 Å². The number of carbonyl (C=O) groups excluding carboxylic acids is 1. The number of hydrogen-bond acceptors (Lipinski definition) is 10. The first kappa shape index (κ1) is 28.5. The average Bonchev–Trinajstić information content (AvgIpc) is 3.56. The van der Waals surface area contributed by atoms with Gasteiger partial charge in [0.25, 0.3) is 5.56 Å². The molecule has 3 aromatic rings. The summed E-state index contributed by atoms with van der Waals surface area (Å²) in [6.07, 6.45) is 1.73. The molecule has 218 valence electrons. The van der Waals surface area contributed by atoms with E-state index in [0.29, 0.717) is 43.6 Å². The third-order valence-electron chi connectivity index (χ3n) is 7.33. The molecule has 2 aliphatic rings. The van der Waals surface area contributed by atoms with Gasteiger partial charge in [-0.15, -0.1) is 0 Å². The van der Waals surface area contributed by atoms with Crippen LogP contribution in [0.5, 0.6) is 17.2 Å². The van der Waals surface area contributed by atoms with E-state index >= 15 is 0 Å². The lowest BCUT2D eigenvalue weighted by Crippen LogP contribution is -3.12. The van der Waals surface area contributed by atoms with Crippen molar-refractivity contribution < 1.29 is 33.1 Å². The van der Waals surface area contributed by atoms with Crippen molar-refractivity contribution >= 4 is 29.3 Å². The van der Waals surface area contributed by atoms with Gasteiger partial charge < -0.3 is 33.2 Å². The molecule has 1 N–H and O–H groups in total. The number of anilines is 1. The van der Waals surface area contributed by atoms with Gasteiger partial charge in [0, 0.05) is 12.1 Å². The maximum Gasteiger partial charge on any atom is 0.338 e. The molecule has 12 heteroatoms. The molecule has 1 atom stereocenters. The first-order valence-electron chi connectivity index (χ1n) is 13.4. The van der Waals surface area contributed by atoms with Crippen LogP contribution in [0.3, 0.4) is 0 Å². The zero-order chi connectivity index (χ0) is 29.3. The molecule has 0 unspecified atom stereocenters. The second-order valence-corrected chi connectivity index (χ2v) is 10.9. The zero-order valence-corrected chi connectivity index (χ0v) is 24.9. The largest absolute Gasteiger partial charge is 0.493 e. The minimum Gasteiger partial charge on any atom is -0.493 e. The van der Waals surface area contributed by atoms with Crippen molar-refractivity contribution in [3.8, 4) is 17.2 Å². The molecular formula is C29H35N4O7S+. The molecule has 41 heavy (non-hydrogen) atoms. The van der Waals surface area contributed by atoms with Crippen LogP contribution in [-0.2, 0) is 9.53 Å². The number of benzene rings is 1.